The number of fused-ring (bicyclic) bond motifs is 2. The number of esters is 1. The number of aromatic nitrogens is 1. The number of hydrogen-bond donors (Lipinski definition) is 0. The molecule has 0 aliphatic carbocycles. The average molecular weight is 755 g/mol. The molecular formula is C44H39N2O8P. The summed E-state index contributed by atoms with van der Waals surface area (Å²) in [5.74, 6) is -0.595. The van der Waals surface area contributed by atoms with Crippen molar-refractivity contribution in [3.05, 3.63) is 167 Å². The van der Waals surface area contributed by atoms with Gasteiger partial charge in [0.05, 0.1) is 31.5 Å². The number of benzene rings is 5. The molecule has 0 radical (unpaired) electrons. The highest BCUT2D eigenvalue weighted by Crippen LogP contribution is 2.47. The molecule has 1 aromatic heterocycles. The van der Waals surface area contributed by atoms with Gasteiger partial charge in [0.15, 0.2) is 11.9 Å². The maximum atomic E-state index is 14.6. The Hall–Kier alpha value is -6.09. The fourth-order valence-corrected chi connectivity index (χ4v) is 7.59. The first-order chi connectivity index (χ1) is 26.9. The van der Waals surface area contributed by atoms with Crippen molar-refractivity contribution in [3.8, 4) is 17.2 Å². The molecule has 7 rings (SSSR count). The lowest BCUT2D eigenvalue weighted by atomic mass is 9.99. The van der Waals surface area contributed by atoms with Crippen molar-refractivity contribution in [2.24, 2.45) is 0 Å². The van der Waals surface area contributed by atoms with Gasteiger partial charge in [-0.05, 0) is 54.8 Å². The summed E-state index contributed by atoms with van der Waals surface area (Å²) in [5, 5.41) is 0.493. The van der Waals surface area contributed by atoms with Crippen LogP contribution in [0.2, 0.25) is 0 Å². The molecule has 0 fully saturated rings. The van der Waals surface area contributed by atoms with Crippen molar-refractivity contribution in [2.75, 3.05) is 19.4 Å². The van der Waals surface area contributed by atoms with Crippen LogP contribution in [0.4, 0.5) is 0 Å². The predicted molar refractivity (Wildman–Crippen MR) is 209 cm³/mol. The van der Waals surface area contributed by atoms with Crippen molar-refractivity contribution in [1.29, 1.82) is 0 Å². The Balaban J connectivity index is 1.29. The molecule has 5 aromatic carbocycles. The van der Waals surface area contributed by atoms with Gasteiger partial charge in [0.25, 0.3) is 11.8 Å². The van der Waals surface area contributed by atoms with Crippen molar-refractivity contribution < 1.29 is 37.6 Å². The molecule has 6 aromatic rings. The van der Waals surface area contributed by atoms with Crippen LogP contribution in [-0.4, -0.2) is 53.1 Å². The molecule has 2 atom stereocenters. The van der Waals surface area contributed by atoms with Gasteiger partial charge in [-0.3, -0.25) is 19.5 Å². The minimum atomic E-state index is -1.72. The first-order valence-electron chi connectivity index (χ1n) is 18.0. The number of para-hydroxylation sites is 1. The highest BCUT2D eigenvalue weighted by molar-refractivity contribution is 7.47. The summed E-state index contributed by atoms with van der Waals surface area (Å²) in [6, 6.07) is 41.4. The van der Waals surface area contributed by atoms with E-state index in [1.165, 1.54) is 4.90 Å². The third kappa shape index (κ3) is 8.36. The maximum Gasteiger partial charge on any atom is 0.335 e. The van der Waals surface area contributed by atoms with Gasteiger partial charge in [-0.1, -0.05) is 109 Å². The van der Waals surface area contributed by atoms with E-state index in [2.05, 4.69) is 0 Å². The number of ether oxygens (including phenoxy) is 3. The van der Waals surface area contributed by atoms with E-state index in [-0.39, 0.29) is 48.5 Å². The number of amides is 2. The summed E-state index contributed by atoms with van der Waals surface area (Å²) in [4.78, 5) is 47.5. The van der Waals surface area contributed by atoms with Crippen LogP contribution in [0.25, 0.3) is 10.9 Å². The van der Waals surface area contributed by atoms with E-state index < -0.39 is 38.4 Å². The molecule has 0 N–H and O–H groups in total. The number of hydrogen-bond acceptors (Lipinski definition) is 9. The largest absolute Gasteiger partial charge is 0.491 e. The van der Waals surface area contributed by atoms with Gasteiger partial charge >= 0.3 is 5.97 Å². The van der Waals surface area contributed by atoms with Crippen LogP contribution >= 0.6 is 8.38 Å². The molecule has 0 bridgehead atoms. The first-order valence-corrected chi connectivity index (χ1v) is 19.4. The molecule has 55 heavy (non-hydrogen) atoms. The van der Waals surface area contributed by atoms with Crippen LogP contribution < -0.4 is 14.0 Å². The lowest BCUT2D eigenvalue weighted by molar-refractivity contribution is -0.150. The van der Waals surface area contributed by atoms with E-state index in [9.17, 15) is 14.4 Å². The van der Waals surface area contributed by atoms with Crippen molar-refractivity contribution in [3.63, 3.8) is 0 Å². The summed E-state index contributed by atoms with van der Waals surface area (Å²) in [7, 11) is -1.72. The molecule has 0 saturated carbocycles. The van der Waals surface area contributed by atoms with Crippen LogP contribution in [-0.2, 0) is 20.6 Å². The second-order valence-corrected chi connectivity index (χ2v) is 14.1. The number of nitrogens with zero attached hydrogens (tertiary/aromatic N) is 2. The third-order valence-corrected chi connectivity index (χ3v) is 10.4. The lowest BCUT2D eigenvalue weighted by Crippen LogP contribution is -2.29. The fourth-order valence-electron chi connectivity index (χ4n) is 6.32. The molecule has 2 unspecified atom stereocenters. The molecule has 1 aliphatic rings. The van der Waals surface area contributed by atoms with Crippen LogP contribution in [0, 0.1) is 0 Å². The Bertz CT molecular complexity index is 2220. The van der Waals surface area contributed by atoms with Gasteiger partial charge in [0, 0.05) is 11.6 Å². The monoisotopic (exact) mass is 754 g/mol. The molecule has 11 heteroatoms. The average Bonchev–Trinajstić information content (AvgIpc) is 3.46. The normalized spacial score (nSPS) is 13.4. The zero-order chi connectivity index (χ0) is 38.1. The Morgan fingerprint density at radius 1 is 0.745 bits per heavy atom. The van der Waals surface area contributed by atoms with Gasteiger partial charge in [-0.2, -0.15) is 0 Å². The van der Waals surface area contributed by atoms with Crippen LogP contribution in [0.1, 0.15) is 57.4 Å². The van der Waals surface area contributed by atoms with Gasteiger partial charge in [-0.25, -0.2) is 4.79 Å². The van der Waals surface area contributed by atoms with Gasteiger partial charge < -0.3 is 23.3 Å². The first kappa shape index (κ1) is 37.2. The summed E-state index contributed by atoms with van der Waals surface area (Å²) < 4.78 is 30.9. The SMILES string of the molecule is CCOC(=O)C(C)OP(CCOc1c2c(c(OC(c3ccccc3)c3ccccc3)c3ncccc13)C(=O)N(Cc1ccccc1)C2=O)Oc1ccccc1. The second-order valence-electron chi connectivity index (χ2n) is 12.6. The van der Waals surface area contributed by atoms with Crippen LogP contribution in [0.15, 0.2) is 140 Å². The zero-order valence-electron chi connectivity index (χ0n) is 30.4. The van der Waals surface area contributed by atoms with Crippen LogP contribution in [0.3, 0.4) is 0 Å². The standard InChI is InChI=1S/C44H39N2O8P/c1-3-50-44(49)30(2)53-55(54-34-23-14-7-15-24-34)28-27-51-40-35-25-16-26-45-38(35)41(52-39(32-19-10-5-11-20-32)33-21-12-6-13-22-33)37-36(40)42(47)46(43(37)48)29-31-17-8-4-9-18-31/h4-26,30,39H,3,27-29H2,1-2H3. The Kier molecular flexibility index (Phi) is 11.8. The molecule has 2 amide bonds. The Labute approximate surface area is 320 Å². The quantitative estimate of drug-likeness (QED) is 0.0543. The number of imide groups is 1. The molecule has 278 valence electrons. The van der Waals surface area contributed by atoms with E-state index in [0.717, 1.165) is 16.7 Å². The molecule has 10 nitrogen and oxygen atoms in total. The second kappa shape index (κ2) is 17.4. The van der Waals surface area contributed by atoms with Gasteiger partial charge in [-0.15, -0.1) is 0 Å². The van der Waals surface area contributed by atoms with E-state index in [1.807, 2.05) is 109 Å². The maximum absolute atomic E-state index is 14.6. The Morgan fingerprint density at radius 3 is 1.95 bits per heavy atom. The Morgan fingerprint density at radius 2 is 1.33 bits per heavy atom. The van der Waals surface area contributed by atoms with E-state index in [1.54, 1.807) is 44.3 Å². The minimum absolute atomic E-state index is 0.0154. The summed E-state index contributed by atoms with van der Waals surface area (Å²) in [6.45, 7) is 3.61. The number of rotatable bonds is 16. The van der Waals surface area contributed by atoms with E-state index in [4.69, 9.17) is 28.2 Å². The molecule has 0 saturated heterocycles. The third-order valence-electron chi connectivity index (χ3n) is 8.88. The lowest BCUT2D eigenvalue weighted by Gasteiger charge is -2.24. The molecule has 1 aliphatic heterocycles. The number of carbonyl (C=O) groups is 3. The summed E-state index contributed by atoms with van der Waals surface area (Å²) in [5.41, 5.74) is 3.03. The topological polar surface area (TPSA) is 113 Å². The van der Waals surface area contributed by atoms with E-state index in [0.29, 0.717) is 16.7 Å². The van der Waals surface area contributed by atoms with Crippen LogP contribution in [0.5, 0.6) is 17.2 Å². The number of pyridine rings is 1. The highest BCUT2D eigenvalue weighted by atomic mass is 31.2. The molecule has 0 spiro atoms. The van der Waals surface area contributed by atoms with Crippen molar-refractivity contribution >= 4 is 37.1 Å². The summed E-state index contributed by atoms with van der Waals surface area (Å²) in [6.07, 6.45) is 0.300. The smallest absolute Gasteiger partial charge is 0.335 e. The highest BCUT2D eigenvalue weighted by Gasteiger charge is 2.44. The minimum Gasteiger partial charge on any atom is -0.491 e. The summed E-state index contributed by atoms with van der Waals surface area (Å²) >= 11 is 0. The van der Waals surface area contributed by atoms with Gasteiger partial charge in [0.1, 0.15) is 28.7 Å². The molecule has 2 heterocycles. The van der Waals surface area contributed by atoms with Gasteiger partial charge in [0.2, 0.25) is 8.38 Å². The predicted octanol–water partition coefficient (Wildman–Crippen LogP) is 8.94. The molecular weight excluding hydrogens is 715 g/mol. The van der Waals surface area contributed by atoms with E-state index >= 15 is 0 Å². The number of carbonyl (C=O) groups excluding carboxylic acids is 3. The fraction of sp³-hybridized carbons (Fsp3) is 0.182. The van der Waals surface area contributed by atoms with Crippen molar-refractivity contribution in [1.82, 2.24) is 9.88 Å². The zero-order valence-corrected chi connectivity index (χ0v) is 31.3. The van der Waals surface area contributed by atoms with Crippen molar-refractivity contribution in [2.45, 2.75) is 32.6 Å².